The van der Waals surface area contributed by atoms with Crippen molar-refractivity contribution in [3.63, 3.8) is 0 Å². The Bertz CT molecular complexity index is 600. The van der Waals surface area contributed by atoms with Crippen LogP contribution >= 0.6 is 0 Å². The van der Waals surface area contributed by atoms with E-state index in [9.17, 15) is 4.79 Å². The molecule has 1 N–H and O–H groups in total. The molecule has 106 valence electrons. The summed E-state index contributed by atoms with van der Waals surface area (Å²) in [6.45, 7) is 2.42. The Morgan fingerprint density at radius 1 is 1.35 bits per heavy atom. The second kappa shape index (κ2) is 5.90. The Morgan fingerprint density at radius 2 is 2.25 bits per heavy atom. The Balaban J connectivity index is 1.52. The molecule has 6 nitrogen and oxygen atoms in total. The van der Waals surface area contributed by atoms with Gasteiger partial charge >= 0.3 is 0 Å². The third-order valence-electron chi connectivity index (χ3n) is 3.51. The Labute approximate surface area is 117 Å². The summed E-state index contributed by atoms with van der Waals surface area (Å²) < 4.78 is 3.51. The number of aryl methyl sites for hydroxylation is 2. The summed E-state index contributed by atoms with van der Waals surface area (Å²) in [5.74, 6) is 0.785. The van der Waals surface area contributed by atoms with E-state index in [0.717, 1.165) is 31.1 Å². The Hall–Kier alpha value is -2.11. The molecular weight excluding hydrogens is 254 g/mol. The third-order valence-corrected chi connectivity index (χ3v) is 3.51. The molecule has 1 fully saturated rings. The van der Waals surface area contributed by atoms with Crippen LogP contribution in [0.1, 0.15) is 19.3 Å². The predicted octanol–water partition coefficient (Wildman–Crippen LogP) is 1.35. The standard InChI is InChI=1S/C14H19N5O/c20-14-8-13(16-9-12-2-3-12)10-17-19(14)6-1-5-18-7-4-15-11-18/h4,7-8,10-12,16H,1-3,5-6,9H2. The van der Waals surface area contributed by atoms with Gasteiger partial charge in [-0.25, -0.2) is 9.67 Å². The van der Waals surface area contributed by atoms with E-state index in [1.165, 1.54) is 17.5 Å². The molecule has 0 amide bonds. The molecule has 0 saturated heterocycles. The number of anilines is 1. The highest BCUT2D eigenvalue weighted by molar-refractivity contribution is 5.38. The van der Waals surface area contributed by atoms with E-state index in [1.54, 1.807) is 24.8 Å². The molecule has 3 rings (SSSR count). The lowest BCUT2D eigenvalue weighted by molar-refractivity contribution is 0.507. The predicted molar refractivity (Wildman–Crippen MR) is 76.6 cm³/mol. The molecule has 0 atom stereocenters. The number of aromatic nitrogens is 4. The molecule has 6 heteroatoms. The van der Waals surface area contributed by atoms with Gasteiger partial charge in [-0.3, -0.25) is 4.79 Å². The molecule has 0 spiro atoms. The maximum absolute atomic E-state index is 11.9. The molecule has 0 bridgehead atoms. The molecule has 0 radical (unpaired) electrons. The van der Waals surface area contributed by atoms with Crippen LogP contribution in [0.3, 0.4) is 0 Å². The van der Waals surface area contributed by atoms with Crippen LogP contribution in [0.4, 0.5) is 5.69 Å². The summed E-state index contributed by atoms with van der Waals surface area (Å²) in [5, 5.41) is 7.48. The molecule has 2 heterocycles. The Morgan fingerprint density at radius 3 is 2.95 bits per heavy atom. The summed E-state index contributed by atoms with van der Waals surface area (Å²) in [6.07, 6.45) is 10.6. The average molecular weight is 273 g/mol. The number of hydrogen-bond donors (Lipinski definition) is 1. The van der Waals surface area contributed by atoms with Gasteiger partial charge in [0.05, 0.1) is 18.2 Å². The van der Waals surface area contributed by atoms with Crippen LogP contribution in [0.2, 0.25) is 0 Å². The van der Waals surface area contributed by atoms with Crippen molar-refractivity contribution in [1.82, 2.24) is 19.3 Å². The SMILES string of the molecule is O=c1cc(NCC2CC2)cnn1CCCn1ccnc1. The minimum absolute atomic E-state index is 0.0450. The number of nitrogens with one attached hydrogen (secondary N) is 1. The smallest absolute Gasteiger partial charge is 0.268 e. The topological polar surface area (TPSA) is 64.7 Å². The van der Waals surface area contributed by atoms with Crippen molar-refractivity contribution in [2.24, 2.45) is 5.92 Å². The normalized spacial score (nSPS) is 14.4. The van der Waals surface area contributed by atoms with E-state index in [4.69, 9.17) is 0 Å². The highest BCUT2D eigenvalue weighted by Crippen LogP contribution is 2.28. The van der Waals surface area contributed by atoms with Gasteiger partial charge in [0.15, 0.2) is 0 Å². The largest absolute Gasteiger partial charge is 0.383 e. The zero-order valence-electron chi connectivity index (χ0n) is 11.4. The summed E-state index contributed by atoms with van der Waals surface area (Å²) >= 11 is 0. The summed E-state index contributed by atoms with van der Waals surface area (Å²) in [6, 6.07) is 1.63. The van der Waals surface area contributed by atoms with Gasteiger partial charge in [0.1, 0.15) is 0 Å². The van der Waals surface area contributed by atoms with E-state index in [0.29, 0.717) is 6.54 Å². The molecule has 2 aromatic heterocycles. The van der Waals surface area contributed by atoms with Crippen molar-refractivity contribution >= 4 is 5.69 Å². The minimum atomic E-state index is -0.0450. The molecular formula is C14H19N5O. The molecule has 2 aromatic rings. The van der Waals surface area contributed by atoms with Gasteiger partial charge in [-0.2, -0.15) is 5.10 Å². The van der Waals surface area contributed by atoms with Gasteiger partial charge in [0, 0.05) is 38.1 Å². The highest BCUT2D eigenvalue weighted by Gasteiger charge is 2.20. The van der Waals surface area contributed by atoms with Gasteiger partial charge in [0.25, 0.3) is 5.56 Å². The highest BCUT2D eigenvalue weighted by atomic mass is 16.1. The summed E-state index contributed by atoms with van der Waals surface area (Å²) in [4.78, 5) is 15.9. The first-order valence-corrected chi connectivity index (χ1v) is 7.08. The number of rotatable bonds is 7. The van der Waals surface area contributed by atoms with E-state index in [-0.39, 0.29) is 5.56 Å². The van der Waals surface area contributed by atoms with E-state index < -0.39 is 0 Å². The first-order chi connectivity index (χ1) is 9.81. The van der Waals surface area contributed by atoms with E-state index in [1.807, 2.05) is 10.8 Å². The lowest BCUT2D eigenvalue weighted by Gasteiger charge is -2.08. The minimum Gasteiger partial charge on any atom is -0.383 e. The van der Waals surface area contributed by atoms with Crippen molar-refractivity contribution in [3.05, 3.63) is 41.3 Å². The lowest BCUT2D eigenvalue weighted by Crippen LogP contribution is -2.23. The van der Waals surface area contributed by atoms with Crippen molar-refractivity contribution < 1.29 is 0 Å². The first-order valence-electron chi connectivity index (χ1n) is 7.08. The van der Waals surface area contributed by atoms with E-state index in [2.05, 4.69) is 15.4 Å². The Kier molecular flexibility index (Phi) is 3.80. The van der Waals surface area contributed by atoms with Crippen molar-refractivity contribution in [1.29, 1.82) is 0 Å². The fourth-order valence-corrected chi connectivity index (χ4v) is 2.10. The third kappa shape index (κ3) is 3.46. The average Bonchev–Trinajstić information content (AvgIpc) is 3.14. The van der Waals surface area contributed by atoms with Crippen LogP contribution in [-0.2, 0) is 13.1 Å². The van der Waals surface area contributed by atoms with Gasteiger partial charge in [0.2, 0.25) is 0 Å². The van der Waals surface area contributed by atoms with Crippen molar-refractivity contribution in [2.45, 2.75) is 32.4 Å². The van der Waals surface area contributed by atoms with Crippen LogP contribution < -0.4 is 10.9 Å². The molecule has 20 heavy (non-hydrogen) atoms. The number of hydrogen-bond acceptors (Lipinski definition) is 4. The van der Waals surface area contributed by atoms with Crippen LogP contribution in [0.25, 0.3) is 0 Å². The zero-order chi connectivity index (χ0) is 13.8. The molecule has 1 aliphatic carbocycles. The summed E-state index contributed by atoms with van der Waals surface area (Å²) in [5.41, 5.74) is 0.782. The van der Waals surface area contributed by atoms with Crippen LogP contribution in [-0.4, -0.2) is 25.9 Å². The summed E-state index contributed by atoms with van der Waals surface area (Å²) in [7, 11) is 0. The van der Waals surface area contributed by atoms with E-state index >= 15 is 0 Å². The molecule has 0 aliphatic heterocycles. The maximum Gasteiger partial charge on any atom is 0.268 e. The van der Waals surface area contributed by atoms with Crippen LogP contribution in [0, 0.1) is 5.92 Å². The zero-order valence-corrected chi connectivity index (χ0v) is 11.4. The van der Waals surface area contributed by atoms with Crippen LogP contribution in [0.15, 0.2) is 35.8 Å². The monoisotopic (exact) mass is 273 g/mol. The van der Waals surface area contributed by atoms with Gasteiger partial charge in [-0.05, 0) is 25.2 Å². The van der Waals surface area contributed by atoms with Crippen molar-refractivity contribution in [2.75, 3.05) is 11.9 Å². The second-order valence-electron chi connectivity index (χ2n) is 5.28. The fourth-order valence-electron chi connectivity index (χ4n) is 2.10. The molecule has 1 saturated carbocycles. The van der Waals surface area contributed by atoms with Crippen LogP contribution in [0.5, 0.6) is 0 Å². The maximum atomic E-state index is 11.9. The molecule has 0 aromatic carbocycles. The van der Waals surface area contributed by atoms with Crippen molar-refractivity contribution in [3.8, 4) is 0 Å². The fraction of sp³-hybridized carbons (Fsp3) is 0.500. The molecule has 1 aliphatic rings. The van der Waals surface area contributed by atoms with Gasteiger partial charge in [-0.15, -0.1) is 0 Å². The molecule has 0 unspecified atom stereocenters. The quantitative estimate of drug-likeness (QED) is 0.827. The first kappa shape index (κ1) is 12.9. The van der Waals surface area contributed by atoms with Gasteiger partial charge in [-0.1, -0.05) is 0 Å². The lowest BCUT2D eigenvalue weighted by atomic mass is 10.4. The number of imidazole rings is 1. The second-order valence-corrected chi connectivity index (χ2v) is 5.28. The number of nitrogens with zero attached hydrogens (tertiary/aromatic N) is 4. The van der Waals surface area contributed by atoms with Gasteiger partial charge < -0.3 is 9.88 Å².